The summed E-state index contributed by atoms with van der Waals surface area (Å²) < 4.78 is 3.73. The van der Waals surface area contributed by atoms with Crippen molar-refractivity contribution in [2.75, 3.05) is 0 Å². The smallest absolute Gasteiger partial charge is 0.163 e. The lowest BCUT2D eigenvalue weighted by molar-refractivity contribution is 0.676. The molecule has 0 N–H and O–H groups in total. The van der Waals surface area contributed by atoms with Crippen LogP contribution in [0, 0.1) is 11.3 Å². The average Bonchev–Trinajstić information content (AvgIpc) is 3.04. The minimum atomic E-state index is 0.429. The molecule has 3 heterocycles. The van der Waals surface area contributed by atoms with Gasteiger partial charge in [-0.3, -0.25) is 4.57 Å². The number of aromatic nitrogens is 5. The van der Waals surface area contributed by atoms with E-state index in [4.69, 9.17) is 5.26 Å². The highest BCUT2D eigenvalue weighted by Crippen LogP contribution is 2.30. The van der Waals surface area contributed by atoms with E-state index in [9.17, 15) is 0 Å². The minimum absolute atomic E-state index is 0.429. The molecule has 0 atom stereocenters. The minimum Gasteiger partial charge on any atom is -0.299 e. The van der Waals surface area contributed by atoms with Crippen molar-refractivity contribution in [1.29, 1.82) is 5.26 Å². The third-order valence-corrected chi connectivity index (χ3v) is 3.29. The molecular weight excluding hydrogens is 240 g/mol. The summed E-state index contributed by atoms with van der Waals surface area (Å²) in [6.45, 7) is 0.493. The number of nitriles is 1. The normalized spacial score (nSPS) is 11.9. The van der Waals surface area contributed by atoms with Crippen LogP contribution in [0.1, 0.15) is 11.4 Å². The Bertz CT molecular complexity index is 820. The van der Waals surface area contributed by atoms with Gasteiger partial charge in [0.25, 0.3) is 0 Å². The van der Waals surface area contributed by atoms with Gasteiger partial charge in [0.1, 0.15) is 18.7 Å². The van der Waals surface area contributed by atoms with Crippen LogP contribution in [0.15, 0.2) is 36.9 Å². The Hall–Kier alpha value is -2.94. The van der Waals surface area contributed by atoms with E-state index < -0.39 is 0 Å². The van der Waals surface area contributed by atoms with Gasteiger partial charge in [-0.05, 0) is 12.1 Å². The predicted octanol–water partition coefficient (Wildman–Crippen LogP) is 1.36. The fourth-order valence-electron chi connectivity index (χ4n) is 2.43. The van der Waals surface area contributed by atoms with Crippen LogP contribution in [0.2, 0.25) is 0 Å². The van der Waals surface area contributed by atoms with Crippen molar-refractivity contribution < 1.29 is 0 Å². The number of fused-ring (bicyclic) bond motifs is 5. The maximum absolute atomic E-state index is 9.15. The Balaban J connectivity index is 2.13. The van der Waals surface area contributed by atoms with Crippen LogP contribution in [0.5, 0.6) is 0 Å². The van der Waals surface area contributed by atoms with Crippen molar-refractivity contribution in [3.05, 3.63) is 48.3 Å². The average molecular weight is 248 g/mol. The first kappa shape index (κ1) is 10.0. The Kier molecular flexibility index (Phi) is 1.86. The van der Waals surface area contributed by atoms with E-state index in [-0.39, 0.29) is 0 Å². The van der Waals surface area contributed by atoms with Gasteiger partial charge < -0.3 is 0 Å². The van der Waals surface area contributed by atoms with E-state index in [1.807, 2.05) is 28.8 Å². The third kappa shape index (κ3) is 1.27. The highest BCUT2D eigenvalue weighted by molar-refractivity contribution is 5.69. The number of benzene rings is 1. The summed E-state index contributed by atoms with van der Waals surface area (Å²) >= 11 is 0. The molecule has 0 unspecified atom stereocenters. The van der Waals surface area contributed by atoms with Gasteiger partial charge in [0.15, 0.2) is 11.5 Å². The SMILES string of the molecule is N#Cc1ncn2c1Cn1ncnc1-c1ccccc1-2. The number of hydrogen-bond donors (Lipinski definition) is 0. The quantitative estimate of drug-likeness (QED) is 0.471. The predicted molar refractivity (Wildman–Crippen MR) is 66.4 cm³/mol. The molecule has 6 heteroatoms. The van der Waals surface area contributed by atoms with Crippen molar-refractivity contribution in [1.82, 2.24) is 24.3 Å². The molecule has 1 aromatic carbocycles. The highest BCUT2D eigenvalue weighted by atomic mass is 15.3. The summed E-state index contributed by atoms with van der Waals surface area (Å²) in [7, 11) is 0. The number of rotatable bonds is 0. The summed E-state index contributed by atoms with van der Waals surface area (Å²) in [4.78, 5) is 8.47. The number of imidazole rings is 1. The fraction of sp³-hybridized carbons (Fsp3) is 0.0769. The largest absolute Gasteiger partial charge is 0.299 e. The van der Waals surface area contributed by atoms with Crippen molar-refractivity contribution in [3.63, 3.8) is 0 Å². The van der Waals surface area contributed by atoms with Gasteiger partial charge in [-0.1, -0.05) is 12.1 Å². The Morgan fingerprint density at radius 1 is 1.21 bits per heavy atom. The van der Waals surface area contributed by atoms with Gasteiger partial charge in [-0.2, -0.15) is 10.4 Å². The van der Waals surface area contributed by atoms with Crippen molar-refractivity contribution in [2.24, 2.45) is 0 Å². The summed E-state index contributed by atoms with van der Waals surface area (Å²) in [5, 5.41) is 13.4. The van der Waals surface area contributed by atoms with Crippen LogP contribution in [0.4, 0.5) is 0 Å². The molecule has 0 saturated carbocycles. The number of hydrogen-bond acceptors (Lipinski definition) is 4. The van der Waals surface area contributed by atoms with Crippen molar-refractivity contribution in [3.8, 4) is 23.1 Å². The molecule has 2 aromatic heterocycles. The molecular formula is C13H8N6. The molecule has 0 fully saturated rings. The van der Waals surface area contributed by atoms with E-state index >= 15 is 0 Å². The van der Waals surface area contributed by atoms with Crippen LogP contribution in [-0.2, 0) is 6.54 Å². The Labute approximate surface area is 108 Å². The molecule has 0 spiro atoms. The molecule has 3 aromatic rings. The zero-order chi connectivity index (χ0) is 12.8. The van der Waals surface area contributed by atoms with Crippen LogP contribution in [0.3, 0.4) is 0 Å². The molecule has 1 aliphatic rings. The van der Waals surface area contributed by atoms with Crippen LogP contribution in [-0.4, -0.2) is 24.3 Å². The first-order valence-electron chi connectivity index (χ1n) is 5.82. The highest BCUT2D eigenvalue weighted by Gasteiger charge is 2.22. The first-order chi connectivity index (χ1) is 9.38. The fourth-order valence-corrected chi connectivity index (χ4v) is 2.43. The molecule has 0 bridgehead atoms. The topological polar surface area (TPSA) is 72.3 Å². The maximum Gasteiger partial charge on any atom is 0.163 e. The van der Waals surface area contributed by atoms with E-state index in [0.29, 0.717) is 12.2 Å². The lowest BCUT2D eigenvalue weighted by atomic mass is 10.1. The maximum atomic E-state index is 9.15. The standard InChI is InChI=1S/C13H8N6/c14-5-10-12-6-19-13(15-7-17-19)9-3-1-2-4-11(9)18(12)8-16-10/h1-4,7-8H,6H2. The molecule has 0 aliphatic carbocycles. The molecule has 4 rings (SSSR count). The number of para-hydroxylation sites is 1. The first-order valence-corrected chi connectivity index (χ1v) is 5.82. The molecule has 0 radical (unpaired) electrons. The molecule has 19 heavy (non-hydrogen) atoms. The summed E-state index contributed by atoms with van der Waals surface area (Å²) in [6, 6.07) is 10.0. The van der Waals surface area contributed by atoms with Gasteiger partial charge in [-0.15, -0.1) is 0 Å². The van der Waals surface area contributed by atoms with Crippen LogP contribution in [0.25, 0.3) is 17.1 Å². The lowest BCUT2D eigenvalue weighted by Crippen LogP contribution is -2.05. The van der Waals surface area contributed by atoms with E-state index in [1.165, 1.54) is 6.33 Å². The van der Waals surface area contributed by atoms with Crippen LogP contribution >= 0.6 is 0 Å². The molecule has 1 aliphatic heterocycles. The van der Waals surface area contributed by atoms with Gasteiger partial charge in [0.2, 0.25) is 0 Å². The zero-order valence-electron chi connectivity index (χ0n) is 9.85. The van der Waals surface area contributed by atoms with Gasteiger partial charge in [0, 0.05) is 5.56 Å². The summed E-state index contributed by atoms with van der Waals surface area (Å²) in [5.41, 5.74) is 3.22. The van der Waals surface area contributed by atoms with Crippen molar-refractivity contribution in [2.45, 2.75) is 6.54 Å². The second-order valence-corrected chi connectivity index (χ2v) is 4.28. The summed E-state index contributed by atoms with van der Waals surface area (Å²) in [6.07, 6.45) is 3.21. The monoisotopic (exact) mass is 248 g/mol. The zero-order valence-corrected chi connectivity index (χ0v) is 9.85. The molecule has 0 amide bonds. The number of nitrogens with zero attached hydrogens (tertiary/aromatic N) is 6. The van der Waals surface area contributed by atoms with E-state index in [1.54, 1.807) is 11.0 Å². The second-order valence-electron chi connectivity index (χ2n) is 4.28. The van der Waals surface area contributed by atoms with Crippen molar-refractivity contribution >= 4 is 0 Å². The lowest BCUT2D eigenvalue weighted by Gasteiger charge is -2.07. The van der Waals surface area contributed by atoms with Gasteiger partial charge in [-0.25, -0.2) is 14.6 Å². The Morgan fingerprint density at radius 2 is 2.11 bits per heavy atom. The molecule has 0 saturated heterocycles. The van der Waals surface area contributed by atoms with E-state index in [2.05, 4.69) is 21.1 Å². The molecule has 6 nitrogen and oxygen atoms in total. The van der Waals surface area contributed by atoms with Gasteiger partial charge in [0.05, 0.1) is 17.9 Å². The second kappa shape index (κ2) is 3.53. The Morgan fingerprint density at radius 3 is 3.00 bits per heavy atom. The molecule has 90 valence electrons. The third-order valence-electron chi connectivity index (χ3n) is 3.29. The summed E-state index contributed by atoms with van der Waals surface area (Å²) in [5.74, 6) is 0.809. The van der Waals surface area contributed by atoms with Crippen LogP contribution < -0.4 is 0 Å². The van der Waals surface area contributed by atoms with Gasteiger partial charge >= 0.3 is 0 Å². The van der Waals surface area contributed by atoms with E-state index in [0.717, 1.165) is 22.8 Å².